The molecular formula is C22H23ClO4. The van der Waals surface area contributed by atoms with Gasteiger partial charge in [-0.15, -0.1) is 0 Å². The second-order valence-corrected chi connectivity index (χ2v) is 6.61. The fourth-order valence-electron chi connectivity index (χ4n) is 2.63. The third-order valence-electron chi connectivity index (χ3n) is 4.07. The number of carbonyl (C=O) groups is 1. The van der Waals surface area contributed by atoms with Gasteiger partial charge in [-0.2, -0.15) is 0 Å². The van der Waals surface area contributed by atoms with Crippen molar-refractivity contribution in [3.8, 4) is 11.5 Å². The zero-order valence-corrected chi connectivity index (χ0v) is 16.6. The van der Waals surface area contributed by atoms with Crippen molar-refractivity contribution in [2.24, 2.45) is 0 Å². The third-order valence-corrected chi connectivity index (χ3v) is 4.41. The summed E-state index contributed by atoms with van der Waals surface area (Å²) in [5.74, 6) is -0.263. The fourth-order valence-corrected chi connectivity index (χ4v) is 2.83. The van der Waals surface area contributed by atoms with Crippen molar-refractivity contribution in [1.29, 1.82) is 0 Å². The molecule has 0 atom stereocenters. The third kappa shape index (κ3) is 4.92. The van der Waals surface area contributed by atoms with Crippen molar-refractivity contribution in [1.82, 2.24) is 0 Å². The monoisotopic (exact) mass is 386 g/mol. The summed E-state index contributed by atoms with van der Waals surface area (Å²) in [7, 11) is 2.81. The van der Waals surface area contributed by atoms with Crippen LogP contribution in [0.2, 0.25) is 5.02 Å². The maximum atomic E-state index is 12.3. The van der Waals surface area contributed by atoms with Gasteiger partial charge in [0, 0.05) is 10.6 Å². The Bertz CT molecular complexity index is 893. The minimum Gasteiger partial charge on any atom is -0.507 e. The highest BCUT2D eigenvalue weighted by molar-refractivity contribution is 6.32. The predicted molar refractivity (Wildman–Crippen MR) is 110 cm³/mol. The van der Waals surface area contributed by atoms with Crippen molar-refractivity contribution in [3.63, 3.8) is 0 Å². The molecule has 0 radical (unpaired) electrons. The molecule has 27 heavy (non-hydrogen) atoms. The van der Waals surface area contributed by atoms with E-state index in [-0.39, 0.29) is 11.3 Å². The van der Waals surface area contributed by atoms with E-state index in [1.165, 1.54) is 14.2 Å². The van der Waals surface area contributed by atoms with Gasteiger partial charge in [-0.3, -0.25) is 0 Å². The van der Waals surface area contributed by atoms with Crippen LogP contribution >= 0.6 is 11.6 Å². The highest BCUT2D eigenvalue weighted by atomic mass is 35.5. The largest absolute Gasteiger partial charge is 0.507 e. The first-order valence-corrected chi connectivity index (χ1v) is 8.84. The lowest BCUT2D eigenvalue weighted by Crippen LogP contribution is -2.07. The molecule has 4 nitrogen and oxygen atoms in total. The molecular weight excluding hydrogens is 364 g/mol. The highest BCUT2D eigenvalue weighted by Crippen LogP contribution is 2.36. The van der Waals surface area contributed by atoms with Crippen LogP contribution in [-0.2, 0) is 11.2 Å². The molecule has 0 amide bonds. The molecule has 0 unspecified atom stereocenters. The summed E-state index contributed by atoms with van der Waals surface area (Å²) in [6.45, 7) is 3.93. The van der Waals surface area contributed by atoms with Gasteiger partial charge in [-0.25, -0.2) is 4.79 Å². The summed E-state index contributed by atoms with van der Waals surface area (Å²) in [6.07, 6.45) is 5.88. The van der Waals surface area contributed by atoms with Crippen molar-refractivity contribution in [2.75, 3.05) is 14.2 Å². The number of hydrogen-bond donors (Lipinski definition) is 1. The molecule has 5 heteroatoms. The number of phenols is 1. The first-order chi connectivity index (χ1) is 12.9. The van der Waals surface area contributed by atoms with Crippen LogP contribution in [0.4, 0.5) is 0 Å². The van der Waals surface area contributed by atoms with Gasteiger partial charge in [0.1, 0.15) is 17.1 Å². The lowest BCUT2D eigenvalue weighted by atomic mass is 9.97. The Hall–Kier alpha value is -2.72. The van der Waals surface area contributed by atoms with E-state index >= 15 is 0 Å². The van der Waals surface area contributed by atoms with Gasteiger partial charge in [0.05, 0.1) is 14.2 Å². The topological polar surface area (TPSA) is 55.8 Å². The molecule has 0 heterocycles. The molecule has 0 fully saturated rings. The Kier molecular flexibility index (Phi) is 7.08. The Balaban J connectivity index is 2.62. The van der Waals surface area contributed by atoms with Crippen LogP contribution in [0.15, 0.2) is 42.0 Å². The lowest BCUT2D eigenvalue weighted by molar-refractivity contribution is 0.0597. The molecule has 0 saturated carbocycles. The Morgan fingerprint density at radius 3 is 2.41 bits per heavy atom. The number of esters is 1. The van der Waals surface area contributed by atoms with Crippen molar-refractivity contribution in [3.05, 3.63) is 69.3 Å². The number of methoxy groups -OCH3 is 2. The van der Waals surface area contributed by atoms with Crippen molar-refractivity contribution < 1.29 is 19.4 Å². The lowest BCUT2D eigenvalue weighted by Gasteiger charge is -2.15. The van der Waals surface area contributed by atoms with Gasteiger partial charge in [0.25, 0.3) is 0 Å². The molecule has 0 aliphatic rings. The van der Waals surface area contributed by atoms with E-state index in [2.05, 4.69) is 0 Å². The van der Waals surface area contributed by atoms with Crippen LogP contribution in [0.5, 0.6) is 11.5 Å². The highest BCUT2D eigenvalue weighted by Gasteiger charge is 2.22. The van der Waals surface area contributed by atoms with Crippen LogP contribution < -0.4 is 4.74 Å². The van der Waals surface area contributed by atoms with E-state index < -0.39 is 5.97 Å². The second-order valence-electron chi connectivity index (χ2n) is 6.20. The van der Waals surface area contributed by atoms with E-state index in [1.807, 2.05) is 38.1 Å². The molecule has 0 aromatic heterocycles. The van der Waals surface area contributed by atoms with E-state index in [0.717, 1.165) is 11.1 Å². The fraction of sp³-hybridized carbons (Fsp3) is 0.227. The summed E-state index contributed by atoms with van der Waals surface area (Å²) in [5.41, 5.74) is 3.01. The van der Waals surface area contributed by atoms with Gasteiger partial charge >= 0.3 is 5.97 Å². The Labute approximate surface area is 164 Å². The molecule has 0 saturated heterocycles. The van der Waals surface area contributed by atoms with Crippen LogP contribution in [0.1, 0.15) is 40.9 Å². The zero-order chi connectivity index (χ0) is 20.0. The summed E-state index contributed by atoms with van der Waals surface area (Å²) >= 11 is 6.18. The number of halogens is 1. The molecule has 0 aliphatic heterocycles. The maximum Gasteiger partial charge on any atom is 0.342 e. The molecule has 0 bridgehead atoms. The van der Waals surface area contributed by atoms with E-state index in [4.69, 9.17) is 21.1 Å². The molecule has 2 aromatic rings. The van der Waals surface area contributed by atoms with Crippen molar-refractivity contribution in [2.45, 2.75) is 20.3 Å². The SMILES string of the molecule is COC(=O)c1c(C=Cc2ccccc2Cl)cc(OC)c(CC=C(C)C)c1O. The number of carbonyl (C=O) groups excluding carboxylic acids is 1. The number of phenolic OH excluding ortho intramolecular Hbond substituents is 1. The van der Waals surface area contributed by atoms with E-state index in [0.29, 0.717) is 28.3 Å². The van der Waals surface area contributed by atoms with Gasteiger partial charge < -0.3 is 14.6 Å². The van der Waals surface area contributed by atoms with Gasteiger partial charge in [-0.05, 0) is 43.5 Å². The van der Waals surface area contributed by atoms with E-state index in [1.54, 1.807) is 24.3 Å². The standard InChI is InChI=1S/C22H23ClO4/c1-14(2)9-12-17-19(26-3)13-16(20(21(17)24)22(25)27-4)11-10-15-7-5-6-8-18(15)23/h5-11,13,24H,12H2,1-4H3. The average Bonchev–Trinajstić information content (AvgIpc) is 2.65. The molecule has 142 valence electrons. The average molecular weight is 387 g/mol. The number of rotatable bonds is 6. The number of benzene rings is 2. The van der Waals surface area contributed by atoms with Crippen molar-refractivity contribution >= 4 is 29.7 Å². The second kappa shape index (κ2) is 9.28. The summed E-state index contributed by atoms with van der Waals surface area (Å²) in [5, 5.41) is 11.4. The molecule has 1 N–H and O–H groups in total. The minimum absolute atomic E-state index is 0.0961. The van der Waals surface area contributed by atoms with E-state index in [9.17, 15) is 9.90 Å². The summed E-state index contributed by atoms with van der Waals surface area (Å²) in [4.78, 5) is 12.3. The molecule has 0 spiro atoms. The first kappa shape index (κ1) is 20.6. The van der Waals surface area contributed by atoms with Crippen LogP contribution in [0.25, 0.3) is 12.2 Å². The maximum absolute atomic E-state index is 12.3. The Morgan fingerprint density at radius 2 is 1.81 bits per heavy atom. The summed E-state index contributed by atoms with van der Waals surface area (Å²) in [6, 6.07) is 9.06. The number of allylic oxidation sites excluding steroid dienone is 2. The van der Waals surface area contributed by atoms with Crippen LogP contribution in [-0.4, -0.2) is 25.3 Å². The minimum atomic E-state index is -0.618. The first-order valence-electron chi connectivity index (χ1n) is 8.46. The van der Waals surface area contributed by atoms with Gasteiger partial charge in [-0.1, -0.05) is 53.6 Å². The predicted octanol–water partition coefficient (Wildman–Crippen LogP) is 5.52. The van der Waals surface area contributed by atoms with Crippen LogP contribution in [0.3, 0.4) is 0 Å². The van der Waals surface area contributed by atoms with Crippen LogP contribution in [0, 0.1) is 0 Å². The number of aromatic hydroxyl groups is 1. The number of ether oxygens (including phenoxy) is 2. The zero-order valence-electron chi connectivity index (χ0n) is 15.9. The Morgan fingerprint density at radius 1 is 1.15 bits per heavy atom. The molecule has 2 rings (SSSR count). The van der Waals surface area contributed by atoms with Gasteiger partial charge in [0.15, 0.2) is 0 Å². The number of hydrogen-bond acceptors (Lipinski definition) is 4. The molecule has 2 aromatic carbocycles. The normalized spacial score (nSPS) is 10.7. The summed E-state index contributed by atoms with van der Waals surface area (Å²) < 4.78 is 10.3. The van der Waals surface area contributed by atoms with Gasteiger partial charge in [0.2, 0.25) is 0 Å². The quantitative estimate of drug-likeness (QED) is 0.403. The smallest absolute Gasteiger partial charge is 0.342 e. The molecule has 0 aliphatic carbocycles.